The van der Waals surface area contributed by atoms with Crippen LogP contribution in [0.4, 0.5) is 10.2 Å². The second-order valence-electron chi connectivity index (χ2n) is 5.61. The number of anilines is 1. The van der Waals surface area contributed by atoms with E-state index in [1.807, 2.05) is 30.3 Å². The first-order valence-corrected chi connectivity index (χ1v) is 7.76. The first-order valence-electron chi connectivity index (χ1n) is 7.76. The average Bonchev–Trinajstić information content (AvgIpc) is 2.62. The number of carbonyl (C=O) groups is 1. The number of nitrogens with one attached hydrogen (secondary N) is 1. The lowest BCUT2D eigenvalue weighted by Gasteiger charge is -2.09. The van der Waals surface area contributed by atoms with Gasteiger partial charge >= 0.3 is 0 Å². The molecular weight excluding hydrogens is 319 g/mol. The van der Waals surface area contributed by atoms with Gasteiger partial charge in [0.2, 0.25) is 0 Å². The summed E-state index contributed by atoms with van der Waals surface area (Å²) in [4.78, 5) is 20.5. The normalized spacial score (nSPS) is 10.5. The molecule has 25 heavy (non-hydrogen) atoms. The van der Waals surface area contributed by atoms with Crippen molar-refractivity contribution in [3.05, 3.63) is 77.4 Å². The number of aromatic nitrogens is 2. The minimum Gasteiger partial charge on any atom is -0.382 e. The van der Waals surface area contributed by atoms with Gasteiger partial charge < -0.3 is 11.1 Å². The van der Waals surface area contributed by atoms with Crippen LogP contribution in [-0.2, 0) is 6.54 Å². The molecule has 126 valence electrons. The van der Waals surface area contributed by atoms with E-state index in [0.717, 1.165) is 5.56 Å². The van der Waals surface area contributed by atoms with Crippen molar-refractivity contribution in [3.8, 4) is 11.3 Å². The van der Waals surface area contributed by atoms with E-state index in [0.29, 0.717) is 23.5 Å². The van der Waals surface area contributed by atoms with Gasteiger partial charge in [-0.1, -0.05) is 36.4 Å². The van der Waals surface area contributed by atoms with Crippen molar-refractivity contribution < 1.29 is 9.18 Å². The van der Waals surface area contributed by atoms with E-state index >= 15 is 0 Å². The molecule has 0 fully saturated rings. The number of nitrogen functional groups attached to an aromatic ring is 1. The molecule has 3 N–H and O–H groups in total. The Balaban J connectivity index is 1.80. The van der Waals surface area contributed by atoms with E-state index in [9.17, 15) is 9.18 Å². The fraction of sp³-hybridized carbons (Fsp3) is 0.105. The number of carbonyl (C=O) groups excluding carboxylic acids is 1. The standard InChI is InChI=1S/C19H17FN4O/c1-12-10-22-18(21)17(24-12)14-7-8-15(16(20)9-14)19(25)23-11-13-5-3-2-4-6-13/h2-10H,11H2,1H3,(H2,21,22)(H,23,25). The third-order valence-corrected chi connectivity index (χ3v) is 3.70. The Kier molecular flexibility index (Phi) is 4.70. The average molecular weight is 336 g/mol. The fourth-order valence-electron chi connectivity index (χ4n) is 2.42. The van der Waals surface area contributed by atoms with Crippen molar-refractivity contribution in [1.82, 2.24) is 15.3 Å². The number of amides is 1. The van der Waals surface area contributed by atoms with Gasteiger partial charge in [-0.2, -0.15) is 0 Å². The third-order valence-electron chi connectivity index (χ3n) is 3.70. The van der Waals surface area contributed by atoms with E-state index in [-0.39, 0.29) is 11.4 Å². The van der Waals surface area contributed by atoms with Gasteiger partial charge in [-0.15, -0.1) is 0 Å². The second-order valence-corrected chi connectivity index (χ2v) is 5.61. The van der Waals surface area contributed by atoms with Crippen molar-refractivity contribution in [2.45, 2.75) is 13.5 Å². The van der Waals surface area contributed by atoms with E-state index in [4.69, 9.17) is 5.73 Å². The Morgan fingerprint density at radius 1 is 1.20 bits per heavy atom. The molecule has 0 bridgehead atoms. The monoisotopic (exact) mass is 336 g/mol. The molecule has 5 nitrogen and oxygen atoms in total. The molecule has 0 aliphatic heterocycles. The van der Waals surface area contributed by atoms with Crippen LogP contribution in [0.15, 0.2) is 54.7 Å². The number of benzene rings is 2. The van der Waals surface area contributed by atoms with Crippen LogP contribution in [0.25, 0.3) is 11.3 Å². The molecule has 0 atom stereocenters. The van der Waals surface area contributed by atoms with Crippen LogP contribution in [0.3, 0.4) is 0 Å². The Bertz CT molecular complexity index is 913. The molecule has 1 amide bonds. The number of rotatable bonds is 4. The fourth-order valence-corrected chi connectivity index (χ4v) is 2.42. The highest BCUT2D eigenvalue weighted by Crippen LogP contribution is 2.24. The lowest BCUT2D eigenvalue weighted by atomic mass is 10.1. The van der Waals surface area contributed by atoms with E-state index in [1.165, 1.54) is 12.1 Å². The summed E-state index contributed by atoms with van der Waals surface area (Å²) in [5.74, 6) is -0.895. The highest BCUT2D eigenvalue weighted by atomic mass is 19.1. The Labute approximate surface area is 144 Å². The molecule has 0 aliphatic carbocycles. The maximum atomic E-state index is 14.4. The van der Waals surface area contributed by atoms with Gasteiger partial charge in [0.25, 0.3) is 5.91 Å². The number of hydrogen-bond donors (Lipinski definition) is 2. The number of nitrogens with zero attached hydrogens (tertiary/aromatic N) is 2. The lowest BCUT2D eigenvalue weighted by molar-refractivity contribution is 0.0947. The lowest BCUT2D eigenvalue weighted by Crippen LogP contribution is -2.23. The van der Waals surface area contributed by atoms with Gasteiger partial charge in [0.05, 0.1) is 17.5 Å². The highest BCUT2D eigenvalue weighted by molar-refractivity contribution is 5.95. The van der Waals surface area contributed by atoms with Crippen LogP contribution in [-0.4, -0.2) is 15.9 Å². The zero-order chi connectivity index (χ0) is 17.8. The molecule has 3 aromatic rings. The van der Waals surface area contributed by atoms with Crippen molar-refractivity contribution in [1.29, 1.82) is 0 Å². The number of nitrogens with two attached hydrogens (primary N) is 1. The summed E-state index contributed by atoms with van der Waals surface area (Å²) >= 11 is 0. The van der Waals surface area contributed by atoms with Crippen LogP contribution in [0.2, 0.25) is 0 Å². The molecule has 1 heterocycles. The van der Waals surface area contributed by atoms with Gasteiger partial charge in [0.15, 0.2) is 0 Å². The highest BCUT2D eigenvalue weighted by Gasteiger charge is 2.14. The van der Waals surface area contributed by atoms with Gasteiger partial charge in [0, 0.05) is 12.1 Å². The van der Waals surface area contributed by atoms with Crippen molar-refractivity contribution >= 4 is 11.7 Å². The smallest absolute Gasteiger partial charge is 0.254 e. The van der Waals surface area contributed by atoms with Crippen LogP contribution in [0.5, 0.6) is 0 Å². The first kappa shape index (κ1) is 16.6. The van der Waals surface area contributed by atoms with E-state index in [1.54, 1.807) is 19.2 Å². The Morgan fingerprint density at radius 3 is 2.68 bits per heavy atom. The minimum absolute atomic E-state index is 0.0288. The summed E-state index contributed by atoms with van der Waals surface area (Å²) in [6, 6.07) is 13.7. The molecule has 3 rings (SSSR count). The summed E-state index contributed by atoms with van der Waals surface area (Å²) < 4.78 is 14.4. The summed E-state index contributed by atoms with van der Waals surface area (Å²) in [6.45, 7) is 2.11. The van der Waals surface area contributed by atoms with Crippen LogP contribution in [0, 0.1) is 12.7 Å². The third kappa shape index (κ3) is 3.80. The molecule has 0 saturated carbocycles. The largest absolute Gasteiger partial charge is 0.382 e. The predicted octanol–water partition coefficient (Wildman–Crippen LogP) is 3.10. The first-order chi connectivity index (χ1) is 12.0. The molecule has 1 aromatic heterocycles. The molecule has 0 saturated heterocycles. The molecule has 6 heteroatoms. The Morgan fingerprint density at radius 2 is 1.96 bits per heavy atom. The van der Waals surface area contributed by atoms with Crippen molar-refractivity contribution in [2.24, 2.45) is 0 Å². The molecule has 2 aromatic carbocycles. The molecule has 0 spiro atoms. The van der Waals surface area contributed by atoms with Crippen LogP contribution < -0.4 is 11.1 Å². The van der Waals surface area contributed by atoms with Crippen molar-refractivity contribution in [3.63, 3.8) is 0 Å². The number of hydrogen-bond acceptors (Lipinski definition) is 4. The molecule has 0 unspecified atom stereocenters. The zero-order valence-corrected chi connectivity index (χ0v) is 13.7. The predicted molar refractivity (Wildman–Crippen MR) is 94.2 cm³/mol. The molecule has 0 radical (unpaired) electrons. The van der Waals surface area contributed by atoms with Gasteiger partial charge in [0.1, 0.15) is 17.3 Å². The number of aryl methyl sites for hydroxylation is 1. The van der Waals surface area contributed by atoms with E-state index in [2.05, 4.69) is 15.3 Å². The number of halogens is 1. The summed E-state index contributed by atoms with van der Waals surface area (Å²) in [5.41, 5.74) is 8.27. The maximum absolute atomic E-state index is 14.4. The van der Waals surface area contributed by atoms with Gasteiger partial charge in [-0.25, -0.2) is 14.4 Å². The zero-order valence-electron chi connectivity index (χ0n) is 13.7. The molecular formula is C19H17FN4O. The summed E-state index contributed by atoms with van der Waals surface area (Å²) in [5, 5.41) is 2.70. The van der Waals surface area contributed by atoms with E-state index < -0.39 is 11.7 Å². The van der Waals surface area contributed by atoms with Gasteiger partial charge in [-0.3, -0.25) is 4.79 Å². The topological polar surface area (TPSA) is 80.9 Å². The minimum atomic E-state index is -0.634. The van der Waals surface area contributed by atoms with Crippen LogP contribution in [0.1, 0.15) is 21.6 Å². The second kappa shape index (κ2) is 7.09. The Hall–Kier alpha value is -3.28. The molecule has 0 aliphatic rings. The summed E-state index contributed by atoms with van der Waals surface area (Å²) in [6.07, 6.45) is 1.54. The maximum Gasteiger partial charge on any atom is 0.254 e. The van der Waals surface area contributed by atoms with Crippen LogP contribution >= 0.6 is 0 Å². The quantitative estimate of drug-likeness (QED) is 0.767. The summed E-state index contributed by atoms with van der Waals surface area (Å²) in [7, 11) is 0. The SMILES string of the molecule is Cc1cnc(N)c(-c2ccc(C(=O)NCc3ccccc3)c(F)c2)n1. The van der Waals surface area contributed by atoms with Gasteiger partial charge in [-0.05, 0) is 24.6 Å². The van der Waals surface area contributed by atoms with Crippen molar-refractivity contribution in [2.75, 3.05) is 5.73 Å².